The Labute approximate surface area is 101 Å². The van der Waals surface area contributed by atoms with E-state index in [0.717, 1.165) is 0 Å². The molecule has 90 valence electrons. The molecule has 0 aromatic carbocycles. The first kappa shape index (κ1) is 14.7. The second-order valence-corrected chi connectivity index (χ2v) is 2.36. The van der Waals surface area contributed by atoms with Gasteiger partial charge in [0.05, 0.1) is 6.20 Å². The first-order valence-corrected chi connectivity index (χ1v) is 4.48. The van der Waals surface area contributed by atoms with E-state index in [1.807, 2.05) is 0 Å². The van der Waals surface area contributed by atoms with E-state index < -0.39 is 0 Å². The molecule has 3 N–H and O–H groups in total. The van der Waals surface area contributed by atoms with E-state index in [1.54, 1.807) is 0 Å². The van der Waals surface area contributed by atoms with Gasteiger partial charge in [-0.25, -0.2) is 11.0 Å². The van der Waals surface area contributed by atoms with Crippen LogP contribution in [0.25, 0.3) is 0 Å². The molecule has 0 fully saturated rings. The lowest BCUT2D eigenvalue weighted by atomic mass is 10.7. The van der Waals surface area contributed by atoms with Gasteiger partial charge in [0, 0.05) is 0 Å². The van der Waals surface area contributed by atoms with Gasteiger partial charge in [-0.2, -0.15) is 0 Å². The van der Waals surface area contributed by atoms with Crippen LogP contribution in [0.3, 0.4) is 0 Å². The van der Waals surface area contributed by atoms with Gasteiger partial charge in [-0.1, -0.05) is 17.8 Å². The van der Waals surface area contributed by atoms with Crippen molar-refractivity contribution in [1.82, 2.24) is 16.4 Å². The topological polar surface area (TPSA) is 63.8 Å². The fraction of sp³-hybridized carbons (Fsp3) is 0.273. The Hall–Kier alpha value is -2.30. The molecule has 0 spiro atoms. The molecule has 0 atom stereocenters. The van der Waals surface area contributed by atoms with E-state index in [4.69, 9.17) is 33.8 Å². The lowest BCUT2D eigenvalue weighted by Gasteiger charge is -2.11. The van der Waals surface area contributed by atoms with Crippen LogP contribution in [0.15, 0.2) is 12.0 Å². The highest BCUT2D eigenvalue weighted by molar-refractivity contribution is 4.91. The Morgan fingerprint density at radius 2 is 1.35 bits per heavy atom. The van der Waals surface area contributed by atoms with E-state index in [1.165, 1.54) is 6.20 Å². The Morgan fingerprint density at radius 1 is 0.882 bits per heavy atom. The maximum atomic E-state index is 5.00. The molecule has 0 aromatic heterocycles. The SMILES string of the molecule is C#CCONC=C(NOCC#C)NOCC#C. The number of rotatable bonds is 9. The summed E-state index contributed by atoms with van der Waals surface area (Å²) in [7, 11) is 0. The molecule has 0 amide bonds. The predicted molar refractivity (Wildman–Crippen MR) is 61.8 cm³/mol. The third-order valence-corrected chi connectivity index (χ3v) is 1.12. The summed E-state index contributed by atoms with van der Waals surface area (Å²) >= 11 is 0. The normalized spacial score (nSPS) is 8.06. The summed E-state index contributed by atoms with van der Waals surface area (Å²) < 4.78 is 0. The van der Waals surface area contributed by atoms with Gasteiger partial charge in [-0.15, -0.1) is 19.3 Å². The maximum absolute atomic E-state index is 5.00. The lowest BCUT2D eigenvalue weighted by molar-refractivity contribution is 0.0252. The van der Waals surface area contributed by atoms with Gasteiger partial charge in [0.15, 0.2) is 5.82 Å². The van der Waals surface area contributed by atoms with Crippen LogP contribution in [-0.2, 0) is 14.5 Å². The predicted octanol–water partition coefficient (Wildman–Crippen LogP) is -0.751. The Bertz CT molecular complexity index is 324. The van der Waals surface area contributed by atoms with Crippen molar-refractivity contribution in [2.24, 2.45) is 0 Å². The molecule has 0 radical (unpaired) electrons. The van der Waals surface area contributed by atoms with E-state index in [-0.39, 0.29) is 19.8 Å². The van der Waals surface area contributed by atoms with E-state index >= 15 is 0 Å². The standard InChI is InChI=1S/C11H13N3O3/c1-4-7-15-12-10-11(13-16-8-5-2)14-17-9-6-3/h1-3,10,12-14H,7-9H2. The third kappa shape index (κ3) is 9.99. The van der Waals surface area contributed by atoms with Crippen molar-refractivity contribution in [3.05, 3.63) is 12.0 Å². The van der Waals surface area contributed by atoms with E-state index in [9.17, 15) is 0 Å². The molecule has 0 rings (SSSR count). The molecule has 6 nitrogen and oxygen atoms in total. The third-order valence-electron chi connectivity index (χ3n) is 1.12. The van der Waals surface area contributed by atoms with Gasteiger partial charge in [0.25, 0.3) is 0 Å². The molecule has 0 bridgehead atoms. The van der Waals surface area contributed by atoms with Gasteiger partial charge in [-0.3, -0.25) is 20.0 Å². The van der Waals surface area contributed by atoms with Crippen molar-refractivity contribution in [1.29, 1.82) is 0 Å². The largest absolute Gasteiger partial charge is 0.270 e. The zero-order chi connectivity index (χ0) is 12.8. The molecule has 6 heteroatoms. The second kappa shape index (κ2) is 11.8. The number of hydroxylamine groups is 3. The van der Waals surface area contributed by atoms with Crippen LogP contribution < -0.4 is 16.4 Å². The Kier molecular flexibility index (Phi) is 10.2. The zero-order valence-corrected chi connectivity index (χ0v) is 9.16. The quantitative estimate of drug-likeness (QED) is 0.278. The average Bonchev–Trinajstić information content (AvgIpc) is 2.34. The highest BCUT2D eigenvalue weighted by Crippen LogP contribution is 1.83. The van der Waals surface area contributed by atoms with E-state index in [0.29, 0.717) is 5.82 Å². The highest BCUT2D eigenvalue weighted by atomic mass is 16.7. The first-order chi connectivity index (χ1) is 8.35. The van der Waals surface area contributed by atoms with Crippen LogP contribution in [0.5, 0.6) is 0 Å². The molecule has 0 saturated heterocycles. The summed E-state index contributed by atoms with van der Waals surface area (Å²) in [6, 6.07) is 0. The van der Waals surface area contributed by atoms with Crippen molar-refractivity contribution in [2.75, 3.05) is 19.8 Å². The molecular weight excluding hydrogens is 222 g/mol. The maximum Gasteiger partial charge on any atom is 0.166 e. The molecule has 0 aromatic rings. The minimum atomic E-state index is 0.0827. The summed E-state index contributed by atoms with van der Waals surface area (Å²) in [6.07, 6.45) is 16.4. The molecule has 0 heterocycles. The Morgan fingerprint density at radius 3 is 1.82 bits per heavy atom. The zero-order valence-electron chi connectivity index (χ0n) is 9.16. The summed E-state index contributed by atoms with van der Waals surface area (Å²) in [5, 5.41) is 0. The van der Waals surface area contributed by atoms with Crippen molar-refractivity contribution >= 4 is 0 Å². The molecule has 17 heavy (non-hydrogen) atoms. The molecule has 0 unspecified atom stereocenters. The molecule has 0 aliphatic rings. The van der Waals surface area contributed by atoms with Crippen LogP contribution in [0.1, 0.15) is 0 Å². The van der Waals surface area contributed by atoms with Crippen LogP contribution in [-0.4, -0.2) is 19.8 Å². The Balaban J connectivity index is 3.96. The fourth-order valence-electron chi connectivity index (χ4n) is 0.575. The van der Waals surface area contributed by atoms with E-state index in [2.05, 4.69) is 34.2 Å². The summed E-state index contributed by atoms with van der Waals surface area (Å²) in [4.78, 5) is 14.5. The summed E-state index contributed by atoms with van der Waals surface area (Å²) in [6.45, 7) is 0.277. The number of hydrogen-bond donors (Lipinski definition) is 3. The number of hydrogen-bond acceptors (Lipinski definition) is 6. The highest BCUT2D eigenvalue weighted by Gasteiger charge is 1.95. The van der Waals surface area contributed by atoms with Crippen LogP contribution >= 0.6 is 0 Å². The van der Waals surface area contributed by atoms with Gasteiger partial charge in [-0.05, 0) is 0 Å². The minimum absolute atomic E-state index is 0.0827. The second-order valence-electron chi connectivity index (χ2n) is 2.36. The first-order valence-electron chi connectivity index (χ1n) is 4.48. The minimum Gasteiger partial charge on any atom is -0.270 e. The number of terminal acetylenes is 3. The van der Waals surface area contributed by atoms with Crippen LogP contribution in [0.4, 0.5) is 0 Å². The lowest BCUT2D eigenvalue weighted by Crippen LogP contribution is -2.29. The van der Waals surface area contributed by atoms with Gasteiger partial charge >= 0.3 is 0 Å². The van der Waals surface area contributed by atoms with Crippen LogP contribution in [0, 0.1) is 37.0 Å². The average molecular weight is 235 g/mol. The van der Waals surface area contributed by atoms with Crippen LogP contribution in [0.2, 0.25) is 0 Å². The van der Waals surface area contributed by atoms with Gasteiger partial charge in [0.1, 0.15) is 19.8 Å². The smallest absolute Gasteiger partial charge is 0.166 e. The van der Waals surface area contributed by atoms with Crippen molar-refractivity contribution < 1.29 is 14.5 Å². The van der Waals surface area contributed by atoms with Crippen molar-refractivity contribution in [2.45, 2.75) is 0 Å². The van der Waals surface area contributed by atoms with Gasteiger partial charge in [0.2, 0.25) is 0 Å². The molecular formula is C11H13N3O3. The fourth-order valence-corrected chi connectivity index (χ4v) is 0.575. The summed E-state index contributed by atoms with van der Waals surface area (Å²) in [5.41, 5.74) is 7.40. The van der Waals surface area contributed by atoms with Crippen molar-refractivity contribution in [3.8, 4) is 37.0 Å². The summed E-state index contributed by atoms with van der Waals surface area (Å²) in [5.74, 6) is 7.14. The number of nitrogens with one attached hydrogen (secondary N) is 3. The van der Waals surface area contributed by atoms with Crippen molar-refractivity contribution in [3.63, 3.8) is 0 Å². The monoisotopic (exact) mass is 235 g/mol. The molecule has 0 aliphatic carbocycles. The molecule has 0 saturated carbocycles. The van der Waals surface area contributed by atoms with Gasteiger partial charge < -0.3 is 0 Å². The molecule has 0 aliphatic heterocycles.